The van der Waals surface area contributed by atoms with E-state index in [0.29, 0.717) is 13.0 Å². The Bertz CT molecular complexity index is 350. The molecule has 4 heteroatoms. The van der Waals surface area contributed by atoms with Gasteiger partial charge in [0.15, 0.2) is 0 Å². The van der Waals surface area contributed by atoms with Crippen molar-refractivity contribution in [2.75, 3.05) is 6.54 Å². The Labute approximate surface area is 106 Å². The van der Waals surface area contributed by atoms with Crippen LogP contribution in [-0.2, 0) is 11.2 Å². The number of amides is 1. The van der Waals surface area contributed by atoms with Gasteiger partial charge in [-0.1, -0.05) is 12.8 Å². The van der Waals surface area contributed by atoms with E-state index < -0.39 is 0 Å². The van der Waals surface area contributed by atoms with Gasteiger partial charge in [-0.25, -0.2) is 0 Å². The predicted molar refractivity (Wildman–Crippen MR) is 69.0 cm³/mol. The van der Waals surface area contributed by atoms with Gasteiger partial charge in [-0.05, 0) is 35.2 Å². The number of thiophene rings is 1. The molecule has 0 spiro atoms. The minimum atomic E-state index is -0.231. The number of hydrogen-bond acceptors (Lipinski definition) is 3. The summed E-state index contributed by atoms with van der Waals surface area (Å²) in [5.41, 5.74) is 1.07. The largest absolute Gasteiger partial charge is 0.393 e. The maximum Gasteiger partial charge on any atom is 0.224 e. The van der Waals surface area contributed by atoms with Crippen LogP contribution in [0, 0.1) is 5.92 Å². The maximum atomic E-state index is 11.7. The lowest BCUT2D eigenvalue weighted by atomic mass is 9.86. The number of nitrogens with one attached hydrogen (secondary N) is 1. The molecule has 0 saturated heterocycles. The molecular weight excluding hydrogens is 234 g/mol. The van der Waals surface area contributed by atoms with E-state index in [2.05, 4.69) is 5.32 Å². The molecule has 1 aliphatic rings. The number of aliphatic hydroxyl groups excluding tert-OH is 1. The van der Waals surface area contributed by atoms with Crippen LogP contribution in [0.4, 0.5) is 0 Å². The Morgan fingerprint density at radius 1 is 1.47 bits per heavy atom. The molecule has 0 aliphatic heterocycles. The molecule has 1 amide bonds. The maximum absolute atomic E-state index is 11.7. The molecule has 17 heavy (non-hydrogen) atoms. The summed E-state index contributed by atoms with van der Waals surface area (Å²) in [6, 6.07) is 1.97. The van der Waals surface area contributed by atoms with Gasteiger partial charge in [0.1, 0.15) is 0 Å². The van der Waals surface area contributed by atoms with E-state index in [1.54, 1.807) is 11.3 Å². The van der Waals surface area contributed by atoms with Crippen LogP contribution in [0.15, 0.2) is 16.8 Å². The molecule has 2 atom stereocenters. The normalized spacial score (nSPS) is 24.5. The van der Waals surface area contributed by atoms with Gasteiger partial charge in [-0.15, -0.1) is 0 Å². The summed E-state index contributed by atoms with van der Waals surface area (Å²) in [6.07, 6.45) is 4.41. The van der Waals surface area contributed by atoms with Gasteiger partial charge in [0.05, 0.1) is 12.5 Å². The molecule has 0 radical (unpaired) electrons. The van der Waals surface area contributed by atoms with E-state index in [4.69, 9.17) is 0 Å². The molecule has 3 nitrogen and oxygen atoms in total. The van der Waals surface area contributed by atoms with E-state index in [-0.39, 0.29) is 17.9 Å². The Kier molecular flexibility index (Phi) is 4.57. The standard InChI is InChI=1S/C13H19NO2S/c15-12-4-2-1-3-11(12)8-14-13(16)7-10-5-6-17-9-10/h5-6,9,11-12,15H,1-4,7-8H2,(H,14,16). The fourth-order valence-electron chi connectivity index (χ4n) is 2.31. The monoisotopic (exact) mass is 253 g/mol. The van der Waals surface area contributed by atoms with Gasteiger partial charge < -0.3 is 10.4 Å². The van der Waals surface area contributed by atoms with Crippen molar-refractivity contribution in [2.24, 2.45) is 5.92 Å². The molecule has 2 N–H and O–H groups in total. The molecule has 1 aromatic rings. The van der Waals surface area contributed by atoms with Crippen molar-refractivity contribution in [1.29, 1.82) is 0 Å². The van der Waals surface area contributed by atoms with Crippen LogP contribution in [0.3, 0.4) is 0 Å². The second-order valence-corrected chi connectivity index (χ2v) is 5.50. The van der Waals surface area contributed by atoms with Gasteiger partial charge in [0, 0.05) is 12.5 Å². The SMILES string of the molecule is O=C(Cc1ccsc1)NCC1CCCCC1O. The molecular formula is C13H19NO2S. The van der Waals surface area contributed by atoms with E-state index in [0.717, 1.165) is 24.8 Å². The Hall–Kier alpha value is -0.870. The van der Waals surface area contributed by atoms with Crippen molar-refractivity contribution in [3.05, 3.63) is 22.4 Å². The summed E-state index contributed by atoms with van der Waals surface area (Å²) in [5.74, 6) is 0.302. The smallest absolute Gasteiger partial charge is 0.224 e. The summed E-state index contributed by atoms with van der Waals surface area (Å²) in [5, 5.41) is 16.7. The van der Waals surface area contributed by atoms with Crippen LogP contribution in [0.2, 0.25) is 0 Å². The zero-order chi connectivity index (χ0) is 12.1. The Morgan fingerprint density at radius 3 is 3.00 bits per heavy atom. The van der Waals surface area contributed by atoms with Crippen LogP contribution in [-0.4, -0.2) is 23.7 Å². The van der Waals surface area contributed by atoms with Gasteiger partial charge in [0.2, 0.25) is 5.91 Å². The summed E-state index contributed by atoms with van der Waals surface area (Å²) in [7, 11) is 0. The van der Waals surface area contributed by atoms with E-state index in [1.165, 1.54) is 6.42 Å². The molecule has 1 fully saturated rings. The van der Waals surface area contributed by atoms with Crippen LogP contribution in [0.5, 0.6) is 0 Å². The third-order valence-corrected chi connectivity index (χ3v) is 4.11. The van der Waals surface area contributed by atoms with Crippen LogP contribution in [0.25, 0.3) is 0 Å². The number of aliphatic hydroxyl groups is 1. The first-order chi connectivity index (χ1) is 8.25. The first-order valence-corrected chi connectivity index (χ1v) is 7.16. The second-order valence-electron chi connectivity index (χ2n) is 4.72. The summed E-state index contributed by atoms with van der Waals surface area (Å²) in [6.45, 7) is 0.615. The van der Waals surface area contributed by atoms with E-state index >= 15 is 0 Å². The molecule has 0 aromatic carbocycles. The Morgan fingerprint density at radius 2 is 2.29 bits per heavy atom. The van der Waals surface area contributed by atoms with Crippen LogP contribution >= 0.6 is 11.3 Å². The first kappa shape index (κ1) is 12.6. The topological polar surface area (TPSA) is 49.3 Å². The van der Waals surface area contributed by atoms with Crippen LogP contribution < -0.4 is 5.32 Å². The molecule has 1 saturated carbocycles. The lowest BCUT2D eigenvalue weighted by Gasteiger charge is -2.27. The fraction of sp³-hybridized carbons (Fsp3) is 0.615. The summed E-state index contributed by atoms with van der Waals surface area (Å²) >= 11 is 1.61. The molecule has 1 aliphatic carbocycles. The van der Waals surface area contributed by atoms with Gasteiger partial charge in [-0.3, -0.25) is 4.79 Å². The van der Waals surface area contributed by atoms with Crippen LogP contribution in [0.1, 0.15) is 31.2 Å². The van der Waals surface area contributed by atoms with Crippen molar-refractivity contribution in [2.45, 2.75) is 38.2 Å². The highest BCUT2D eigenvalue weighted by atomic mass is 32.1. The first-order valence-electron chi connectivity index (χ1n) is 6.21. The minimum absolute atomic E-state index is 0.0566. The van der Waals surface area contributed by atoms with E-state index in [9.17, 15) is 9.90 Å². The van der Waals surface area contributed by atoms with Crippen molar-refractivity contribution in [3.8, 4) is 0 Å². The number of rotatable bonds is 4. The fourth-order valence-corrected chi connectivity index (χ4v) is 2.98. The molecule has 2 unspecified atom stereocenters. The highest BCUT2D eigenvalue weighted by Crippen LogP contribution is 2.23. The third kappa shape index (κ3) is 3.82. The second kappa shape index (κ2) is 6.17. The average molecular weight is 253 g/mol. The van der Waals surface area contributed by atoms with Crippen molar-refractivity contribution < 1.29 is 9.90 Å². The predicted octanol–water partition coefficient (Wildman–Crippen LogP) is 1.96. The number of hydrogen-bond donors (Lipinski definition) is 2. The van der Waals surface area contributed by atoms with E-state index in [1.807, 2.05) is 16.8 Å². The van der Waals surface area contributed by atoms with Gasteiger partial charge in [-0.2, -0.15) is 11.3 Å². The lowest BCUT2D eigenvalue weighted by Crippen LogP contribution is -2.37. The van der Waals surface area contributed by atoms with Crippen molar-refractivity contribution in [3.63, 3.8) is 0 Å². The zero-order valence-electron chi connectivity index (χ0n) is 9.89. The minimum Gasteiger partial charge on any atom is -0.393 e. The number of carbonyl (C=O) groups is 1. The third-order valence-electron chi connectivity index (χ3n) is 3.38. The molecule has 94 valence electrons. The quantitative estimate of drug-likeness (QED) is 0.861. The Balaban J connectivity index is 1.72. The zero-order valence-corrected chi connectivity index (χ0v) is 10.7. The summed E-state index contributed by atoms with van der Waals surface area (Å²) < 4.78 is 0. The average Bonchev–Trinajstić information content (AvgIpc) is 2.81. The molecule has 1 heterocycles. The highest BCUT2D eigenvalue weighted by Gasteiger charge is 2.23. The van der Waals surface area contributed by atoms with Crippen molar-refractivity contribution in [1.82, 2.24) is 5.32 Å². The lowest BCUT2D eigenvalue weighted by molar-refractivity contribution is -0.120. The van der Waals surface area contributed by atoms with Gasteiger partial charge in [0.25, 0.3) is 0 Å². The summed E-state index contributed by atoms with van der Waals surface area (Å²) in [4.78, 5) is 11.7. The van der Waals surface area contributed by atoms with Gasteiger partial charge >= 0.3 is 0 Å². The number of carbonyl (C=O) groups excluding carboxylic acids is 1. The molecule has 2 rings (SSSR count). The highest BCUT2D eigenvalue weighted by molar-refractivity contribution is 7.07. The molecule has 1 aromatic heterocycles. The van der Waals surface area contributed by atoms with Crippen molar-refractivity contribution >= 4 is 17.2 Å². The molecule has 0 bridgehead atoms.